The summed E-state index contributed by atoms with van der Waals surface area (Å²) in [7, 11) is 0. The van der Waals surface area contributed by atoms with Crippen molar-refractivity contribution in [2.45, 2.75) is 18.1 Å². The van der Waals surface area contributed by atoms with Gasteiger partial charge in [0, 0.05) is 6.20 Å². The number of imidazole rings is 1. The number of rotatable bonds is 2. The second-order valence-corrected chi connectivity index (χ2v) is 5.45. The second kappa shape index (κ2) is 4.07. The maximum absolute atomic E-state index is 11.0. The van der Waals surface area contributed by atoms with Crippen molar-refractivity contribution in [3.8, 4) is 0 Å². The Bertz CT molecular complexity index is 573. The molecule has 4 nitrogen and oxygen atoms in total. The molecule has 0 saturated carbocycles. The van der Waals surface area contributed by atoms with Gasteiger partial charge < -0.3 is 9.51 Å². The van der Waals surface area contributed by atoms with Gasteiger partial charge in [-0.05, 0) is 30.7 Å². The fraction of sp³-hybridized carbons (Fsp3) is 0.333. The lowest BCUT2D eigenvalue weighted by atomic mass is 10.2. The van der Waals surface area contributed by atoms with Crippen LogP contribution >= 0.6 is 11.8 Å². The number of fused-ring (bicyclic) bond motifs is 1. The summed E-state index contributed by atoms with van der Waals surface area (Å²) in [5.74, 6) is 1.24. The minimum absolute atomic E-state index is 0.305. The van der Waals surface area contributed by atoms with E-state index in [4.69, 9.17) is 5.11 Å². The van der Waals surface area contributed by atoms with Gasteiger partial charge in [-0.1, -0.05) is 0 Å². The minimum Gasteiger partial charge on any atom is -0.478 e. The van der Waals surface area contributed by atoms with Gasteiger partial charge in [-0.2, -0.15) is 11.8 Å². The highest BCUT2D eigenvalue weighted by Gasteiger charge is 2.22. The van der Waals surface area contributed by atoms with Gasteiger partial charge in [0.15, 0.2) is 0 Å². The van der Waals surface area contributed by atoms with Crippen LogP contribution in [0.2, 0.25) is 0 Å². The van der Waals surface area contributed by atoms with E-state index in [1.54, 1.807) is 24.5 Å². The number of nitrogens with zero attached hydrogens (tertiary/aromatic N) is 2. The Morgan fingerprint density at radius 2 is 2.41 bits per heavy atom. The van der Waals surface area contributed by atoms with E-state index in [-0.39, 0.29) is 0 Å². The third-order valence-corrected chi connectivity index (χ3v) is 4.39. The lowest BCUT2D eigenvalue weighted by molar-refractivity contribution is 0.0696. The van der Waals surface area contributed by atoms with E-state index in [0.29, 0.717) is 10.8 Å². The molecule has 1 fully saturated rings. The van der Waals surface area contributed by atoms with Gasteiger partial charge in [-0.3, -0.25) is 0 Å². The Balaban J connectivity index is 2.11. The van der Waals surface area contributed by atoms with Crippen LogP contribution in [0, 0.1) is 0 Å². The average molecular weight is 248 g/mol. The molecule has 88 valence electrons. The van der Waals surface area contributed by atoms with Crippen LogP contribution in [0.4, 0.5) is 0 Å². The maximum Gasteiger partial charge on any atom is 0.337 e. The maximum atomic E-state index is 11.0. The van der Waals surface area contributed by atoms with Crippen LogP contribution in [0.5, 0.6) is 0 Å². The molecular formula is C12H12N2O2S. The van der Waals surface area contributed by atoms with Gasteiger partial charge >= 0.3 is 5.97 Å². The SMILES string of the molecule is O=C(O)c1ccc2cnc(C3CCCS3)n2c1. The van der Waals surface area contributed by atoms with E-state index < -0.39 is 5.97 Å². The lowest BCUT2D eigenvalue weighted by Gasteiger charge is -2.07. The van der Waals surface area contributed by atoms with Crippen LogP contribution in [0.25, 0.3) is 5.52 Å². The van der Waals surface area contributed by atoms with Crippen LogP contribution < -0.4 is 0 Å². The predicted octanol–water partition coefficient (Wildman–Crippen LogP) is 2.60. The molecule has 0 aromatic carbocycles. The number of hydrogen-bond acceptors (Lipinski definition) is 3. The minimum atomic E-state index is -0.898. The Hall–Kier alpha value is -1.49. The number of hydrogen-bond donors (Lipinski definition) is 1. The molecule has 0 spiro atoms. The molecule has 2 aromatic rings. The van der Waals surface area contributed by atoms with E-state index in [0.717, 1.165) is 23.5 Å². The Kier molecular flexibility index (Phi) is 2.55. The zero-order valence-electron chi connectivity index (χ0n) is 9.17. The van der Waals surface area contributed by atoms with E-state index >= 15 is 0 Å². The van der Waals surface area contributed by atoms with Crippen LogP contribution in [-0.4, -0.2) is 26.2 Å². The van der Waals surface area contributed by atoms with Crippen molar-refractivity contribution in [2.75, 3.05) is 5.75 Å². The van der Waals surface area contributed by atoms with Crippen molar-refractivity contribution in [3.63, 3.8) is 0 Å². The highest BCUT2D eigenvalue weighted by Crippen LogP contribution is 2.39. The molecule has 2 aromatic heterocycles. The largest absolute Gasteiger partial charge is 0.478 e. The zero-order chi connectivity index (χ0) is 11.8. The monoisotopic (exact) mass is 248 g/mol. The summed E-state index contributed by atoms with van der Waals surface area (Å²) in [5, 5.41) is 9.40. The van der Waals surface area contributed by atoms with Gasteiger partial charge in [-0.15, -0.1) is 0 Å². The molecule has 3 rings (SSSR count). The molecule has 1 aliphatic rings. The fourth-order valence-electron chi connectivity index (χ4n) is 2.16. The average Bonchev–Trinajstić information content (AvgIpc) is 2.96. The molecule has 0 radical (unpaired) electrons. The van der Waals surface area contributed by atoms with Crippen molar-refractivity contribution in [2.24, 2.45) is 0 Å². The van der Waals surface area contributed by atoms with E-state index in [1.165, 1.54) is 6.42 Å². The van der Waals surface area contributed by atoms with Crippen LogP contribution in [-0.2, 0) is 0 Å². The Morgan fingerprint density at radius 1 is 1.53 bits per heavy atom. The summed E-state index contributed by atoms with van der Waals surface area (Å²) in [6.07, 6.45) is 5.81. The Labute approximate surface area is 103 Å². The molecular weight excluding hydrogens is 236 g/mol. The van der Waals surface area contributed by atoms with Crippen molar-refractivity contribution >= 4 is 23.2 Å². The van der Waals surface area contributed by atoms with Gasteiger partial charge in [0.1, 0.15) is 5.82 Å². The number of pyridine rings is 1. The summed E-state index contributed by atoms with van der Waals surface area (Å²) < 4.78 is 1.91. The molecule has 0 bridgehead atoms. The summed E-state index contributed by atoms with van der Waals surface area (Å²) in [4.78, 5) is 15.4. The molecule has 1 N–H and O–H groups in total. The summed E-state index contributed by atoms with van der Waals surface area (Å²) >= 11 is 1.90. The second-order valence-electron chi connectivity index (χ2n) is 4.14. The first kappa shape index (κ1) is 10.7. The summed E-state index contributed by atoms with van der Waals surface area (Å²) in [6.45, 7) is 0. The molecule has 17 heavy (non-hydrogen) atoms. The number of aromatic nitrogens is 2. The first-order valence-electron chi connectivity index (χ1n) is 5.57. The topological polar surface area (TPSA) is 54.6 Å². The molecule has 1 saturated heterocycles. The molecule has 1 aliphatic heterocycles. The van der Waals surface area contributed by atoms with Crippen molar-refractivity contribution in [1.29, 1.82) is 0 Å². The summed E-state index contributed by atoms with van der Waals surface area (Å²) in [6, 6.07) is 3.42. The standard InChI is InChI=1S/C12H12N2O2S/c15-12(16)8-3-4-9-6-13-11(14(9)7-8)10-2-1-5-17-10/h3-4,6-7,10H,1-2,5H2,(H,15,16). The first-order chi connectivity index (χ1) is 8.25. The van der Waals surface area contributed by atoms with Crippen molar-refractivity contribution in [1.82, 2.24) is 9.38 Å². The zero-order valence-corrected chi connectivity index (χ0v) is 9.98. The molecule has 1 unspecified atom stereocenters. The quantitative estimate of drug-likeness (QED) is 0.887. The Morgan fingerprint density at radius 3 is 3.12 bits per heavy atom. The van der Waals surface area contributed by atoms with E-state index in [2.05, 4.69) is 4.98 Å². The highest BCUT2D eigenvalue weighted by atomic mass is 32.2. The normalized spacial score (nSPS) is 19.9. The van der Waals surface area contributed by atoms with E-state index in [1.807, 2.05) is 16.2 Å². The fourth-order valence-corrected chi connectivity index (χ4v) is 3.43. The number of aromatic carboxylic acids is 1. The number of carboxylic acid groups (broad SMARTS) is 1. The van der Waals surface area contributed by atoms with Gasteiger partial charge in [0.2, 0.25) is 0 Å². The molecule has 0 amide bonds. The highest BCUT2D eigenvalue weighted by molar-refractivity contribution is 7.99. The third kappa shape index (κ3) is 1.80. The summed E-state index contributed by atoms with van der Waals surface area (Å²) in [5.41, 5.74) is 1.26. The third-order valence-electron chi connectivity index (χ3n) is 3.02. The lowest BCUT2D eigenvalue weighted by Crippen LogP contribution is -2.02. The van der Waals surface area contributed by atoms with Crippen LogP contribution in [0.15, 0.2) is 24.5 Å². The number of carboxylic acids is 1. The smallest absolute Gasteiger partial charge is 0.337 e. The van der Waals surface area contributed by atoms with Gasteiger partial charge in [0.25, 0.3) is 0 Å². The van der Waals surface area contributed by atoms with Crippen molar-refractivity contribution < 1.29 is 9.90 Å². The molecule has 3 heterocycles. The van der Waals surface area contributed by atoms with E-state index in [9.17, 15) is 4.79 Å². The predicted molar refractivity (Wildman–Crippen MR) is 66.6 cm³/mol. The molecule has 0 aliphatic carbocycles. The number of thioether (sulfide) groups is 1. The first-order valence-corrected chi connectivity index (χ1v) is 6.62. The van der Waals surface area contributed by atoms with Crippen LogP contribution in [0.3, 0.4) is 0 Å². The molecule has 5 heteroatoms. The van der Waals surface area contributed by atoms with Gasteiger partial charge in [-0.25, -0.2) is 9.78 Å². The van der Waals surface area contributed by atoms with Crippen LogP contribution in [0.1, 0.15) is 34.3 Å². The number of carbonyl (C=O) groups is 1. The van der Waals surface area contributed by atoms with Gasteiger partial charge in [0.05, 0.1) is 22.5 Å². The molecule has 1 atom stereocenters. The van der Waals surface area contributed by atoms with Crippen molar-refractivity contribution in [3.05, 3.63) is 35.9 Å².